The van der Waals surface area contributed by atoms with Gasteiger partial charge in [0.15, 0.2) is 15.9 Å². The largest absolute Gasteiger partial charge is 0.480 e. The van der Waals surface area contributed by atoms with Crippen LogP contribution >= 0.6 is 0 Å². The summed E-state index contributed by atoms with van der Waals surface area (Å²) in [6, 6.07) is 5.96. The Morgan fingerprint density at radius 2 is 2.05 bits per heavy atom. The monoisotopic (exact) mass is 326 g/mol. The third-order valence-corrected chi connectivity index (χ3v) is 5.17. The first-order chi connectivity index (χ1) is 10.3. The number of carbonyl (C=O) groups excluding carboxylic acids is 2. The van der Waals surface area contributed by atoms with Crippen molar-refractivity contribution in [1.82, 2.24) is 5.32 Å². The number of amides is 2. The Morgan fingerprint density at radius 3 is 2.64 bits per heavy atom. The number of primary amides is 1. The first kappa shape index (κ1) is 16.3. The van der Waals surface area contributed by atoms with Gasteiger partial charge in [-0.1, -0.05) is 12.1 Å². The lowest BCUT2D eigenvalue weighted by molar-refractivity contribution is -0.127. The van der Waals surface area contributed by atoms with E-state index in [1.165, 1.54) is 13.0 Å². The molecule has 0 spiro atoms. The fraction of sp³-hybridized carbons (Fsp3) is 0.429. The summed E-state index contributed by atoms with van der Waals surface area (Å²) in [5.41, 5.74) is 5.43. The first-order valence-corrected chi connectivity index (χ1v) is 8.67. The molecular weight excluding hydrogens is 308 g/mol. The number of hydrogen-bond acceptors (Lipinski definition) is 5. The molecule has 1 aromatic rings. The molecule has 2 amide bonds. The second-order valence-corrected chi connectivity index (χ2v) is 7.46. The molecule has 0 aromatic heterocycles. The van der Waals surface area contributed by atoms with Crippen LogP contribution in [0.2, 0.25) is 0 Å². The second-order valence-electron chi connectivity index (χ2n) is 5.23. The minimum absolute atomic E-state index is 0.0522. The van der Waals surface area contributed by atoms with Gasteiger partial charge in [0.1, 0.15) is 5.75 Å². The van der Waals surface area contributed by atoms with Crippen molar-refractivity contribution < 1.29 is 22.7 Å². The Bertz CT molecular complexity index is 686. The second kappa shape index (κ2) is 6.35. The van der Waals surface area contributed by atoms with Gasteiger partial charge in [-0.2, -0.15) is 0 Å². The van der Waals surface area contributed by atoms with Crippen LogP contribution in [0.15, 0.2) is 24.3 Å². The van der Waals surface area contributed by atoms with Crippen LogP contribution in [-0.4, -0.2) is 43.9 Å². The molecule has 0 unspecified atom stereocenters. The predicted molar refractivity (Wildman–Crippen MR) is 80.3 cm³/mol. The summed E-state index contributed by atoms with van der Waals surface area (Å²) >= 11 is 0. The van der Waals surface area contributed by atoms with Gasteiger partial charge in [0.25, 0.3) is 11.8 Å². The predicted octanol–water partition coefficient (Wildman–Crippen LogP) is -0.144. The normalized spacial score (nSPS) is 21.0. The Hall–Kier alpha value is -2.09. The van der Waals surface area contributed by atoms with E-state index in [0.29, 0.717) is 6.42 Å². The molecule has 0 aliphatic carbocycles. The van der Waals surface area contributed by atoms with E-state index < -0.39 is 33.8 Å². The van der Waals surface area contributed by atoms with Crippen LogP contribution in [0, 0.1) is 0 Å². The number of nitrogens with one attached hydrogen (secondary N) is 1. The summed E-state index contributed by atoms with van der Waals surface area (Å²) in [6.07, 6.45) is -0.470. The Balaban J connectivity index is 1.99. The maximum absolute atomic E-state index is 12.0. The number of ether oxygens (including phenoxy) is 1. The Labute approximate surface area is 128 Å². The highest BCUT2D eigenvalue weighted by Crippen LogP contribution is 2.19. The van der Waals surface area contributed by atoms with Gasteiger partial charge in [0.2, 0.25) is 0 Å². The molecule has 1 aliphatic rings. The molecule has 1 aliphatic heterocycles. The van der Waals surface area contributed by atoms with Gasteiger partial charge in [-0.25, -0.2) is 8.42 Å². The van der Waals surface area contributed by atoms with Crippen molar-refractivity contribution in [2.45, 2.75) is 25.5 Å². The van der Waals surface area contributed by atoms with E-state index in [-0.39, 0.29) is 22.8 Å². The highest BCUT2D eigenvalue weighted by molar-refractivity contribution is 7.91. The molecule has 22 heavy (non-hydrogen) atoms. The smallest absolute Gasteiger partial charge is 0.261 e. The highest BCUT2D eigenvalue weighted by atomic mass is 32.2. The van der Waals surface area contributed by atoms with Crippen LogP contribution in [0.4, 0.5) is 0 Å². The van der Waals surface area contributed by atoms with Gasteiger partial charge < -0.3 is 15.8 Å². The molecule has 7 nitrogen and oxygen atoms in total. The lowest BCUT2D eigenvalue weighted by Gasteiger charge is -2.18. The molecule has 1 aromatic carbocycles. The fourth-order valence-corrected chi connectivity index (χ4v) is 3.92. The first-order valence-electron chi connectivity index (χ1n) is 6.85. The molecule has 0 radical (unpaired) electrons. The number of hydrogen-bond donors (Lipinski definition) is 2. The van der Waals surface area contributed by atoms with Crippen LogP contribution in [-0.2, 0) is 14.6 Å². The average Bonchev–Trinajstić information content (AvgIpc) is 2.78. The van der Waals surface area contributed by atoms with Gasteiger partial charge in [0.05, 0.1) is 17.1 Å². The number of carbonyl (C=O) groups is 2. The molecule has 3 N–H and O–H groups in total. The molecule has 120 valence electrons. The van der Waals surface area contributed by atoms with Crippen molar-refractivity contribution in [2.24, 2.45) is 5.73 Å². The Morgan fingerprint density at radius 1 is 1.36 bits per heavy atom. The standard InChI is InChI=1S/C14H18N2O5S/c1-9(14(18)16-10-6-7-22(19,20)8-10)21-12-5-3-2-4-11(12)13(15)17/h2-5,9-10H,6-8H2,1H3,(H2,15,17)(H,16,18)/t9-,10+/m1/s1. The van der Waals surface area contributed by atoms with Crippen LogP contribution in [0.25, 0.3) is 0 Å². The third-order valence-electron chi connectivity index (χ3n) is 3.40. The molecule has 2 rings (SSSR count). The van der Waals surface area contributed by atoms with Crippen LogP contribution in [0.1, 0.15) is 23.7 Å². The number of para-hydroxylation sites is 1. The van der Waals surface area contributed by atoms with E-state index in [2.05, 4.69) is 5.32 Å². The molecule has 0 bridgehead atoms. The van der Waals surface area contributed by atoms with Crippen molar-refractivity contribution in [1.29, 1.82) is 0 Å². The SMILES string of the molecule is C[C@@H](Oc1ccccc1C(N)=O)C(=O)N[C@H]1CCS(=O)(=O)C1. The van der Waals surface area contributed by atoms with Crippen LogP contribution < -0.4 is 15.8 Å². The summed E-state index contributed by atoms with van der Waals surface area (Å²) < 4.78 is 28.2. The van der Waals surface area contributed by atoms with E-state index >= 15 is 0 Å². The van der Waals surface area contributed by atoms with Gasteiger partial charge >= 0.3 is 0 Å². The zero-order valence-electron chi connectivity index (χ0n) is 12.1. The van der Waals surface area contributed by atoms with E-state index in [4.69, 9.17) is 10.5 Å². The lowest BCUT2D eigenvalue weighted by Crippen LogP contribution is -2.43. The lowest BCUT2D eigenvalue weighted by atomic mass is 10.2. The quantitative estimate of drug-likeness (QED) is 0.781. The van der Waals surface area contributed by atoms with Gasteiger partial charge in [-0.15, -0.1) is 0 Å². The maximum Gasteiger partial charge on any atom is 0.261 e. The van der Waals surface area contributed by atoms with Crippen molar-refractivity contribution in [3.63, 3.8) is 0 Å². The zero-order valence-corrected chi connectivity index (χ0v) is 12.9. The summed E-state index contributed by atoms with van der Waals surface area (Å²) in [5, 5.41) is 2.64. The van der Waals surface area contributed by atoms with E-state index in [1.54, 1.807) is 18.2 Å². The van der Waals surface area contributed by atoms with E-state index in [9.17, 15) is 18.0 Å². The van der Waals surface area contributed by atoms with Gasteiger partial charge in [-0.3, -0.25) is 9.59 Å². The van der Waals surface area contributed by atoms with Crippen LogP contribution in [0.3, 0.4) is 0 Å². The van der Waals surface area contributed by atoms with Crippen molar-refractivity contribution in [3.8, 4) is 5.75 Å². The molecule has 1 heterocycles. The highest BCUT2D eigenvalue weighted by Gasteiger charge is 2.30. The maximum atomic E-state index is 12.0. The Kier molecular flexibility index (Phi) is 4.70. The number of sulfone groups is 1. The van der Waals surface area contributed by atoms with E-state index in [1.807, 2.05) is 0 Å². The van der Waals surface area contributed by atoms with Crippen molar-refractivity contribution >= 4 is 21.7 Å². The summed E-state index contributed by atoms with van der Waals surface area (Å²) in [7, 11) is -3.06. The van der Waals surface area contributed by atoms with Gasteiger partial charge in [-0.05, 0) is 25.5 Å². The molecule has 8 heteroatoms. The number of rotatable bonds is 5. The van der Waals surface area contributed by atoms with Gasteiger partial charge in [0, 0.05) is 6.04 Å². The zero-order chi connectivity index (χ0) is 16.3. The van der Waals surface area contributed by atoms with Crippen LogP contribution in [0.5, 0.6) is 5.75 Å². The fourth-order valence-electron chi connectivity index (χ4n) is 2.24. The van der Waals surface area contributed by atoms with Crippen molar-refractivity contribution in [2.75, 3.05) is 11.5 Å². The molecule has 2 atom stereocenters. The summed E-state index contributed by atoms with van der Waals surface area (Å²) in [4.78, 5) is 23.3. The minimum Gasteiger partial charge on any atom is -0.480 e. The third kappa shape index (κ3) is 3.97. The molecular formula is C14H18N2O5S. The molecule has 1 saturated heterocycles. The molecule has 0 saturated carbocycles. The average molecular weight is 326 g/mol. The van der Waals surface area contributed by atoms with E-state index in [0.717, 1.165) is 0 Å². The summed E-state index contributed by atoms with van der Waals surface area (Å²) in [5.74, 6) is -0.829. The summed E-state index contributed by atoms with van der Waals surface area (Å²) in [6.45, 7) is 1.52. The van der Waals surface area contributed by atoms with Crippen molar-refractivity contribution in [3.05, 3.63) is 29.8 Å². The number of benzene rings is 1. The number of nitrogens with two attached hydrogens (primary N) is 1. The topological polar surface area (TPSA) is 116 Å². The molecule has 1 fully saturated rings. The minimum atomic E-state index is -3.06.